The Hall–Kier alpha value is -2.34. The zero-order valence-corrected chi connectivity index (χ0v) is 10.5. The van der Waals surface area contributed by atoms with Crippen LogP contribution < -0.4 is 0 Å². The average molecular weight is 240 g/mol. The van der Waals surface area contributed by atoms with Crippen molar-refractivity contribution in [2.24, 2.45) is 0 Å². The summed E-state index contributed by atoms with van der Waals surface area (Å²) >= 11 is 0. The van der Waals surface area contributed by atoms with E-state index in [4.69, 9.17) is 0 Å². The number of rotatable bonds is 1. The molecular formula is C19H12. The van der Waals surface area contributed by atoms with E-state index in [0.29, 0.717) is 0 Å². The first-order valence-electron chi connectivity index (χ1n) is 6.52. The molecular weight excluding hydrogens is 228 g/mol. The van der Waals surface area contributed by atoms with Crippen LogP contribution in [-0.4, -0.2) is 0 Å². The van der Waals surface area contributed by atoms with Crippen molar-refractivity contribution < 1.29 is 0 Å². The molecule has 0 aromatic heterocycles. The first-order valence-corrected chi connectivity index (χ1v) is 6.52. The predicted octanol–water partition coefficient (Wildman–Crippen LogP) is 4.53. The minimum absolute atomic E-state index is 0.983. The number of fused-ring (bicyclic) bond motifs is 3. The predicted molar refractivity (Wildman–Crippen MR) is 77.8 cm³/mol. The lowest BCUT2D eigenvalue weighted by Gasteiger charge is -2.05. The summed E-state index contributed by atoms with van der Waals surface area (Å²) in [5.74, 6) is 0. The van der Waals surface area contributed by atoms with Crippen molar-refractivity contribution in [1.82, 2.24) is 0 Å². The Labute approximate surface area is 113 Å². The summed E-state index contributed by atoms with van der Waals surface area (Å²) in [6, 6.07) is 27.9. The van der Waals surface area contributed by atoms with E-state index in [-0.39, 0.29) is 0 Å². The normalized spacial score (nSPS) is 12.0. The van der Waals surface area contributed by atoms with Crippen LogP contribution in [0.3, 0.4) is 0 Å². The summed E-state index contributed by atoms with van der Waals surface area (Å²) in [6.07, 6.45) is 0.983. The van der Waals surface area contributed by atoms with Gasteiger partial charge in [0.25, 0.3) is 0 Å². The smallest absolute Gasteiger partial charge is 0.000705 e. The molecule has 0 heteroatoms. The van der Waals surface area contributed by atoms with Gasteiger partial charge in [-0.3, -0.25) is 0 Å². The van der Waals surface area contributed by atoms with E-state index in [1.165, 1.54) is 27.8 Å². The fraction of sp³-hybridized carbons (Fsp3) is 0.0526. The highest BCUT2D eigenvalue weighted by Gasteiger charge is 2.18. The van der Waals surface area contributed by atoms with Crippen molar-refractivity contribution in [2.45, 2.75) is 6.42 Å². The number of hydrogen-bond donors (Lipinski definition) is 0. The summed E-state index contributed by atoms with van der Waals surface area (Å²) in [7, 11) is 0. The molecule has 0 unspecified atom stereocenters. The first kappa shape index (κ1) is 10.6. The lowest BCUT2D eigenvalue weighted by molar-refractivity contribution is 1.26. The van der Waals surface area contributed by atoms with Crippen LogP contribution in [0.4, 0.5) is 0 Å². The van der Waals surface area contributed by atoms with Crippen LogP contribution in [0.5, 0.6) is 0 Å². The third kappa shape index (κ3) is 1.68. The second-order valence-corrected chi connectivity index (χ2v) is 4.90. The Bertz CT molecular complexity index is 739. The molecule has 0 heterocycles. The van der Waals surface area contributed by atoms with E-state index in [0.717, 1.165) is 12.0 Å². The molecule has 0 aliphatic heterocycles. The standard InChI is InChI=1S/C19H12/c1-2-6-14(7-3-1)15-10-11-17-12-16-8-4-5-9-18(16)19(17)13-15/h1-9,13H,12H2. The highest BCUT2D eigenvalue weighted by Crippen LogP contribution is 2.38. The monoisotopic (exact) mass is 240 g/mol. The first-order chi connectivity index (χ1) is 9.42. The molecule has 0 bridgehead atoms. The molecule has 19 heavy (non-hydrogen) atoms. The van der Waals surface area contributed by atoms with E-state index in [1.807, 2.05) is 6.07 Å². The minimum Gasteiger partial charge on any atom is -0.0622 e. The molecule has 2 radical (unpaired) electrons. The van der Waals surface area contributed by atoms with Gasteiger partial charge in [0, 0.05) is 0 Å². The van der Waals surface area contributed by atoms with Crippen molar-refractivity contribution in [3.63, 3.8) is 0 Å². The zero-order chi connectivity index (χ0) is 12.7. The second kappa shape index (κ2) is 4.10. The molecule has 0 saturated heterocycles. The Morgan fingerprint density at radius 1 is 0.737 bits per heavy atom. The SMILES string of the molecule is [c]1[c]c2c(cc1-c1ccccc1)-c1ccccc1C2. The molecule has 1 aliphatic rings. The van der Waals surface area contributed by atoms with E-state index >= 15 is 0 Å². The molecule has 0 fully saturated rings. The molecule has 3 aromatic carbocycles. The van der Waals surface area contributed by atoms with Crippen molar-refractivity contribution in [1.29, 1.82) is 0 Å². The third-order valence-electron chi connectivity index (χ3n) is 3.72. The van der Waals surface area contributed by atoms with Gasteiger partial charge in [-0.25, -0.2) is 0 Å². The zero-order valence-electron chi connectivity index (χ0n) is 10.5. The lowest BCUT2D eigenvalue weighted by Crippen LogP contribution is -1.83. The summed E-state index contributed by atoms with van der Waals surface area (Å²) in [5, 5.41) is 0. The Kier molecular flexibility index (Phi) is 2.28. The van der Waals surface area contributed by atoms with Crippen LogP contribution in [-0.2, 0) is 6.42 Å². The van der Waals surface area contributed by atoms with Crippen LogP contribution in [0.15, 0.2) is 60.7 Å². The molecule has 0 amide bonds. The Morgan fingerprint density at radius 3 is 2.42 bits per heavy atom. The third-order valence-corrected chi connectivity index (χ3v) is 3.72. The summed E-state index contributed by atoms with van der Waals surface area (Å²) in [4.78, 5) is 0. The Morgan fingerprint density at radius 2 is 1.53 bits per heavy atom. The fourth-order valence-electron chi connectivity index (χ4n) is 2.76. The van der Waals surface area contributed by atoms with E-state index < -0.39 is 0 Å². The molecule has 0 spiro atoms. The minimum atomic E-state index is 0.983. The van der Waals surface area contributed by atoms with Gasteiger partial charge in [0.05, 0.1) is 0 Å². The van der Waals surface area contributed by atoms with Gasteiger partial charge >= 0.3 is 0 Å². The van der Waals surface area contributed by atoms with Crippen LogP contribution in [0.25, 0.3) is 22.3 Å². The van der Waals surface area contributed by atoms with Crippen LogP contribution in [0.1, 0.15) is 11.1 Å². The average Bonchev–Trinajstić information content (AvgIpc) is 2.86. The van der Waals surface area contributed by atoms with Gasteiger partial charge in [0.1, 0.15) is 0 Å². The number of benzene rings is 3. The van der Waals surface area contributed by atoms with Crippen LogP contribution >= 0.6 is 0 Å². The maximum atomic E-state index is 3.34. The molecule has 88 valence electrons. The summed E-state index contributed by atoms with van der Waals surface area (Å²) in [6.45, 7) is 0. The van der Waals surface area contributed by atoms with Crippen LogP contribution in [0, 0.1) is 12.1 Å². The van der Waals surface area contributed by atoms with Crippen LogP contribution in [0.2, 0.25) is 0 Å². The van der Waals surface area contributed by atoms with Gasteiger partial charge in [-0.1, -0.05) is 54.6 Å². The quantitative estimate of drug-likeness (QED) is 0.458. The molecule has 1 aliphatic carbocycles. The molecule has 0 saturated carbocycles. The van der Waals surface area contributed by atoms with Crippen molar-refractivity contribution in [3.05, 3.63) is 83.9 Å². The van der Waals surface area contributed by atoms with Gasteiger partial charge in [0.2, 0.25) is 0 Å². The maximum Gasteiger partial charge on any atom is -0.000705 e. The summed E-state index contributed by atoms with van der Waals surface area (Å²) < 4.78 is 0. The largest absolute Gasteiger partial charge is 0.0622 e. The van der Waals surface area contributed by atoms with Gasteiger partial charge in [-0.15, -0.1) is 0 Å². The molecule has 0 atom stereocenters. The molecule has 4 rings (SSSR count). The van der Waals surface area contributed by atoms with Gasteiger partial charge in [-0.2, -0.15) is 0 Å². The van der Waals surface area contributed by atoms with Gasteiger partial charge in [-0.05, 0) is 58.0 Å². The van der Waals surface area contributed by atoms with Crippen molar-refractivity contribution >= 4 is 0 Å². The van der Waals surface area contributed by atoms with E-state index in [1.54, 1.807) is 0 Å². The van der Waals surface area contributed by atoms with E-state index in [2.05, 4.69) is 66.7 Å². The highest BCUT2D eigenvalue weighted by molar-refractivity contribution is 5.80. The number of hydrogen-bond acceptors (Lipinski definition) is 0. The second-order valence-electron chi connectivity index (χ2n) is 4.90. The van der Waals surface area contributed by atoms with Crippen molar-refractivity contribution in [2.75, 3.05) is 0 Å². The van der Waals surface area contributed by atoms with Crippen molar-refractivity contribution in [3.8, 4) is 22.3 Å². The molecule has 0 N–H and O–H groups in total. The fourth-order valence-corrected chi connectivity index (χ4v) is 2.76. The summed E-state index contributed by atoms with van der Waals surface area (Å²) in [5.41, 5.74) is 7.64. The van der Waals surface area contributed by atoms with E-state index in [9.17, 15) is 0 Å². The molecule has 0 nitrogen and oxygen atoms in total. The maximum absolute atomic E-state index is 3.34. The molecule has 3 aromatic rings. The van der Waals surface area contributed by atoms with Gasteiger partial charge in [0.15, 0.2) is 0 Å². The lowest BCUT2D eigenvalue weighted by atomic mass is 9.99. The highest BCUT2D eigenvalue weighted by atomic mass is 14.2. The van der Waals surface area contributed by atoms with Gasteiger partial charge < -0.3 is 0 Å². The topological polar surface area (TPSA) is 0 Å². The Balaban J connectivity index is 1.89.